The molecule has 0 bridgehead atoms. The molecule has 1 aliphatic heterocycles. The van der Waals surface area contributed by atoms with Crippen molar-refractivity contribution in [3.63, 3.8) is 0 Å². The van der Waals surface area contributed by atoms with Crippen molar-refractivity contribution in [2.45, 2.75) is 39.2 Å². The Kier molecular flexibility index (Phi) is 6.67. The summed E-state index contributed by atoms with van der Waals surface area (Å²) in [7, 11) is 3.12. The molecule has 25 heavy (non-hydrogen) atoms. The first-order chi connectivity index (χ1) is 11.9. The number of piperidine rings is 1. The Morgan fingerprint density at radius 3 is 2.36 bits per heavy atom. The minimum absolute atomic E-state index is 0.0205. The van der Waals surface area contributed by atoms with Crippen LogP contribution >= 0.6 is 0 Å². The molecule has 1 aromatic carbocycles. The lowest BCUT2D eigenvalue weighted by Gasteiger charge is -2.32. The van der Waals surface area contributed by atoms with Gasteiger partial charge in [-0.1, -0.05) is 13.8 Å². The maximum atomic E-state index is 12.7. The van der Waals surface area contributed by atoms with Crippen LogP contribution in [0.4, 0.5) is 0 Å². The molecular weight excluding hydrogens is 320 g/mol. The fourth-order valence-corrected chi connectivity index (χ4v) is 3.04. The third kappa shape index (κ3) is 5.11. The lowest BCUT2D eigenvalue weighted by atomic mass is 10.0. The SMILES string of the molecule is COc1ccc(C(=O)N2CCC(NC(=O)CC(C)C)CC2)cc1OC. The van der Waals surface area contributed by atoms with E-state index < -0.39 is 0 Å². The van der Waals surface area contributed by atoms with Gasteiger partial charge in [-0.2, -0.15) is 0 Å². The van der Waals surface area contributed by atoms with Crippen LogP contribution in [0.15, 0.2) is 18.2 Å². The normalized spacial score (nSPS) is 15.2. The summed E-state index contributed by atoms with van der Waals surface area (Å²) in [5.41, 5.74) is 0.583. The van der Waals surface area contributed by atoms with E-state index in [2.05, 4.69) is 5.32 Å². The average Bonchev–Trinajstić information content (AvgIpc) is 2.60. The topological polar surface area (TPSA) is 67.9 Å². The first-order valence-electron chi connectivity index (χ1n) is 8.75. The molecule has 1 fully saturated rings. The van der Waals surface area contributed by atoms with E-state index in [0.717, 1.165) is 12.8 Å². The van der Waals surface area contributed by atoms with E-state index >= 15 is 0 Å². The number of methoxy groups -OCH3 is 2. The minimum atomic E-state index is -0.0205. The smallest absolute Gasteiger partial charge is 0.253 e. The Morgan fingerprint density at radius 1 is 1.16 bits per heavy atom. The van der Waals surface area contributed by atoms with Gasteiger partial charge in [-0.25, -0.2) is 0 Å². The summed E-state index contributed by atoms with van der Waals surface area (Å²) >= 11 is 0. The molecule has 1 aliphatic rings. The standard InChI is InChI=1S/C19H28N2O4/c1-13(2)11-18(22)20-15-7-9-21(10-8-15)19(23)14-5-6-16(24-3)17(12-14)25-4/h5-6,12-13,15H,7-11H2,1-4H3,(H,20,22). The van der Waals surface area contributed by atoms with Crippen LogP contribution in [0.25, 0.3) is 0 Å². The van der Waals surface area contributed by atoms with E-state index in [-0.39, 0.29) is 17.9 Å². The quantitative estimate of drug-likeness (QED) is 0.857. The second-order valence-corrected chi connectivity index (χ2v) is 6.80. The molecule has 0 spiro atoms. The van der Waals surface area contributed by atoms with Gasteiger partial charge in [0.2, 0.25) is 5.91 Å². The molecule has 1 N–H and O–H groups in total. The summed E-state index contributed by atoms with van der Waals surface area (Å²) in [4.78, 5) is 26.4. The van der Waals surface area contributed by atoms with Crippen LogP contribution in [0.2, 0.25) is 0 Å². The lowest BCUT2D eigenvalue weighted by molar-refractivity contribution is -0.122. The van der Waals surface area contributed by atoms with Gasteiger partial charge in [-0.3, -0.25) is 9.59 Å². The minimum Gasteiger partial charge on any atom is -0.493 e. The summed E-state index contributed by atoms with van der Waals surface area (Å²) in [5, 5.41) is 3.07. The van der Waals surface area contributed by atoms with E-state index in [1.54, 1.807) is 32.4 Å². The molecular formula is C19H28N2O4. The van der Waals surface area contributed by atoms with Gasteiger partial charge in [0, 0.05) is 31.1 Å². The molecule has 6 nitrogen and oxygen atoms in total. The molecule has 0 unspecified atom stereocenters. The molecule has 1 heterocycles. The molecule has 0 atom stereocenters. The van der Waals surface area contributed by atoms with Gasteiger partial charge in [-0.05, 0) is 37.0 Å². The highest BCUT2D eigenvalue weighted by atomic mass is 16.5. The molecule has 0 radical (unpaired) electrons. The molecule has 0 aromatic heterocycles. The second-order valence-electron chi connectivity index (χ2n) is 6.80. The van der Waals surface area contributed by atoms with E-state index in [4.69, 9.17) is 9.47 Å². The summed E-state index contributed by atoms with van der Waals surface area (Å²) in [5.74, 6) is 1.58. The molecule has 138 valence electrons. The van der Waals surface area contributed by atoms with Crippen molar-refractivity contribution in [3.8, 4) is 11.5 Å². The highest BCUT2D eigenvalue weighted by Gasteiger charge is 2.25. The maximum absolute atomic E-state index is 12.7. The fourth-order valence-electron chi connectivity index (χ4n) is 3.04. The predicted molar refractivity (Wildman–Crippen MR) is 96.1 cm³/mol. The van der Waals surface area contributed by atoms with Gasteiger partial charge >= 0.3 is 0 Å². The molecule has 2 rings (SSSR count). The Balaban J connectivity index is 1.92. The van der Waals surface area contributed by atoms with Gasteiger partial charge in [0.25, 0.3) is 5.91 Å². The van der Waals surface area contributed by atoms with Gasteiger partial charge in [0.05, 0.1) is 14.2 Å². The third-order valence-corrected chi connectivity index (χ3v) is 4.37. The van der Waals surface area contributed by atoms with Crippen LogP contribution in [0.5, 0.6) is 11.5 Å². The Morgan fingerprint density at radius 2 is 1.80 bits per heavy atom. The fraction of sp³-hybridized carbons (Fsp3) is 0.579. The zero-order valence-electron chi connectivity index (χ0n) is 15.5. The monoisotopic (exact) mass is 348 g/mol. The molecule has 0 saturated carbocycles. The molecule has 0 aliphatic carbocycles. The summed E-state index contributed by atoms with van der Waals surface area (Å²) in [6, 6.07) is 5.35. The first kappa shape index (κ1) is 19.1. The number of hydrogen-bond donors (Lipinski definition) is 1. The number of carbonyl (C=O) groups excluding carboxylic acids is 2. The van der Waals surface area contributed by atoms with Crippen LogP contribution in [-0.2, 0) is 4.79 Å². The van der Waals surface area contributed by atoms with Crippen molar-refractivity contribution in [2.24, 2.45) is 5.92 Å². The highest BCUT2D eigenvalue weighted by molar-refractivity contribution is 5.95. The summed E-state index contributed by atoms with van der Waals surface area (Å²) in [6.45, 7) is 5.34. The van der Waals surface area contributed by atoms with E-state index in [1.165, 1.54) is 0 Å². The zero-order chi connectivity index (χ0) is 18.4. The van der Waals surface area contributed by atoms with Crippen molar-refractivity contribution in [2.75, 3.05) is 27.3 Å². The predicted octanol–water partition coefficient (Wildman–Crippen LogP) is 2.47. The molecule has 1 saturated heterocycles. The summed E-state index contributed by atoms with van der Waals surface area (Å²) < 4.78 is 10.5. The highest BCUT2D eigenvalue weighted by Crippen LogP contribution is 2.28. The number of hydrogen-bond acceptors (Lipinski definition) is 4. The van der Waals surface area contributed by atoms with Gasteiger partial charge in [0.1, 0.15) is 0 Å². The van der Waals surface area contributed by atoms with Crippen LogP contribution in [0.1, 0.15) is 43.5 Å². The largest absolute Gasteiger partial charge is 0.493 e. The number of nitrogens with one attached hydrogen (secondary N) is 1. The molecule has 6 heteroatoms. The Bertz CT molecular complexity index is 607. The second kappa shape index (κ2) is 8.74. The number of ether oxygens (including phenoxy) is 2. The average molecular weight is 348 g/mol. The maximum Gasteiger partial charge on any atom is 0.253 e. The zero-order valence-corrected chi connectivity index (χ0v) is 15.5. The first-order valence-corrected chi connectivity index (χ1v) is 8.75. The van der Waals surface area contributed by atoms with Crippen LogP contribution < -0.4 is 14.8 Å². The third-order valence-electron chi connectivity index (χ3n) is 4.37. The molecule has 1 aromatic rings. The molecule has 2 amide bonds. The van der Waals surface area contributed by atoms with Crippen molar-refractivity contribution < 1.29 is 19.1 Å². The number of carbonyl (C=O) groups is 2. The number of likely N-dealkylation sites (tertiary alicyclic amines) is 1. The number of benzene rings is 1. The number of amides is 2. The van der Waals surface area contributed by atoms with Crippen LogP contribution in [0, 0.1) is 5.92 Å². The van der Waals surface area contributed by atoms with Gasteiger partial charge in [-0.15, -0.1) is 0 Å². The number of nitrogens with zero attached hydrogens (tertiary/aromatic N) is 1. The van der Waals surface area contributed by atoms with E-state index in [1.807, 2.05) is 18.7 Å². The lowest BCUT2D eigenvalue weighted by Crippen LogP contribution is -2.46. The van der Waals surface area contributed by atoms with E-state index in [0.29, 0.717) is 42.5 Å². The van der Waals surface area contributed by atoms with Crippen LogP contribution in [0.3, 0.4) is 0 Å². The Labute approximate surface area is 149 Å². The van der Waals surface area contributed by atoms with Crippen LogP contribution in [-0.4, -0.2) is 50.1 Å². The van der Waals surface area contributed by atoms with Gasteiger partial charge in [0.15, 0.2) is 11.5 Å². The van der Waals surface area contributed by atoms with Gasteiger partial charge < -0.3 is 19.7 Å². The summed E-state index contributed by atoms with van der Waals surface area (Å²) in [6.07, 6.45) is 2.11. The number of rotatable bonds is 6. The van der Waals surface area contributed by atoms with Crippen molar-refractivity contribution >= 4 is 11.8 Å². The Hall–Kier alpha value is -2.24. The van der Waals surface area contributed by atoms with E-state index in [9.17, 15) is 9.59 Å². The van der Waals surface area contributed by atoms with Crippen molar-refractivity contribution in [1.29, 1.82) is 0 Å². The van der Waals surface area contributed by atoms with Crippen molar-refractivity contribution in [1.82, 2.24) is 10.2 Å². The van der Waals surface area contributed by atoms with Crippen molar-refractivity contribution in [3.05, 3.63) is 23.8 Å².